The molecule has 1 atom stereocenters. The Balaban J connectivity index is 1.58. The van der Waals surface area contributed by atoms with E-state index in [2.05, 4.69) is 15.6 Å². The minimum absolute atomic E-state index is 0.318. The summed E-state index contributed by atoms with van der Waals surface area (Å²) >= 11 is 6.98. The molecule has 0 bridgehead atoms. The molecule has 1 aliphatic carbocycles. The van der Waals surface area contributed by atoms with E-state index in [0.29, 0.717) is 16.3 Å². The topological polar surface area (TPSA) is 72.2 Å². The van der Waals surface area contributed by atoms with E-state index < -0.39 is 0 Å². The van der Waals surface area contributed by atoms with Gasteiger partial charge in [-0.15, -0.1) is 11.3 Å². The minimum Gasteiger partial charge on any atom is -0.497 e. The lowest BCUT2D eigenvalue weighted by atomic mass is 9.98. The van der Waals surface area contributed by atoms with Crippen molar-refractivity contribution < 1.29 is 4.74 Å². The molecular weight excluding hydrogens is 316 g/mol. The summed E-state index contributed by atoms with van der Waals surface area (Å²) in [4.78, 5) is 5.63. The molecule has 22 heavy (non-hydrogen) atoms. The number of methoxy groups -OCH3 is 1. The number of anilines is 2. The van der Waals surface area contributed by atoms with Crippen molar-refractivity contribution in [1.29, 1.82) is 0 Å². The molecule has 7 heteroatoms. The lowest BCUT2D eigenvalue weighted by molar-refractivity contribution is 0.415. The molecule has 0 amide bonds. The Hall–Kier alpha value is -1.86. The number of rotatable bonds is 3. The van der Waals surface area contributed by atoms with E-state index in [1.807, 2.05) is 24.3 Å². The second-order valence-corrected chi connectivity index (χ2v) is 6.72. The molecule has 5 nitrogen and oxygen atoms in total. The normalized spacial score (nSPS) is 16.7. The largest absolute Gasteiger partial charge is 0.497 e. The van der Waals surface area contributed by atoms with E-state index in [-0.39, 0.29) is 0 Å². The quantitative estimate of drug-likeness (QED) is 0.750. The van der Waals surface area contributed by atoms with Crippen LogP contribution in [0.2, 0.25) is 0 Å². The number of thiocarbonyl (C=S) groups is 1. The van der Waals surface area contributed by atoms with Gasteiger partial charge in [-0.3, -0.25) is 0 Å². The van der Waals surface area contributed by atoms with Crippen LogP contribution in [0.25, 0.3) is 0 Å². The summed E-state index contributed by atoms with van der Waals surface area (Å²) in [6.45, 7) is 0. The second kappa shape index (κ2) is 6.50. The maximum atomic E-state index is 5.77. The van der Waals surface area contributed by atoms with Crippen LogP contribution < -0.4 is 21.1 Å². The van der Waals surface area contributed by atoms with Gasteiger partial charge in [0.25, 0.3) is 0 Å². The highest BCUT2D eigenvalue weighted by molar-refractivity contribution is 7.80. The number of fused-ring (bicyclic) bond motifs is 1. The molecule has 1 aliphatic rings. The Morgan fingerprint density at radius 3 is 3.18 bits per heavy atom. The number of hydrogen-bond donors (Lipinski definition) is 3. The third-order valence-corrected chi connectivity index (χ3v) is 4.79. The summed E-state index contributed by atoms with van der Waals surface area (Å²) in [5.41, 5.74) is 7.83. The molecule has 0 radical (unpaired) electrons. The Labute approximate surface area is 138 Å². The Morgan fingerprint density at radius 1 is 1.50 bits per heavy atom. The zero-order chi connectivity index (χ0) is 15.5. The van der Waals surface area contributed by atoms with E-state index in [1.165, 1.54) is 4.88 Å². The summed E-state index contributed by atoms with van der Waals surface area (Å²) in [7, 11) is 1.65. The lowest BCUT2D eigenvalue weighted by Crippen LogP contribution is -2.40. The van der Waals surface area contributed by atoms with Crippen LogP contribution in [0.5, 0.6) is 5.75 Å². The number of benzene rings is 1. The van der Waals surface area contributed by atoms with Crippen molar-refractivity contribution in [2.75, 3.05) is 18.2 Å². The summed E-state index contributed by atoms with van der Waals surface area (Å²) in [6.07, 6.45) is 2.88. The van der Waals surface area contributed by atoms with Crippen molar-refractivity contribution >= 4 is 39.5 Å². The Morgan fingerprint density at radius 2 is 2.36 bits per heavy atom. The fourth-order valence-corrected chi connectivity index (χ4v) is 3.81. The van der Waals surface area contributed by atoms with Gasteiger partial charge in [0.2, 0.25) is 0 Å². The smallest absolute Gasteiger partial charge is 0.180 e. The van der Waals surface area contributed by atoms with Gasteiger partial charge in [-0.05, 0) is 37.2 Å². The standard InChI is InChI=1S/C15H18N4OS2/c1-20-11-4-2-3-9(7-11)17-15(21)18-10-5-6-12-13(8-10)22-14(16)19-12/h2-4,7,10H,5-6,8H2,1H3,(H2,16,19)(H2,17,18,21)/t10-/m0/s1. The summed E-state index contributed by atoms with van der Waals surface area (Å²) in [6, 6.07) is 8.02. The van der Waals surface area contributed by atoms with E-state index >= 15 is 0 Å². The molecule has 3 rings (SSSR count). The maximum Gasteiger partial charge on any atom is 0.180 e. The fourth-order valence-electron chi connectivity index (χ4n) is 2.57. The number of nitrogens with zero attached hydrogens (tertiary/aromatic N) is 1. The number of nitrogens with two attached hydrogens (primary N) is 1. The molecule has 1 aromatic heterocycles. The summed E-state index contributed by atoms with van der Waals surface area (Å²) in [5.74, 6) is 0.801. The Bertz CT molecular complexity index is 686. The maximum absolute atomic E-state index is 5.77. The van der Waals surface area contributed by atoms with Gasteiger partial charge >= 0.3 is 0 Å². The van der Waals surface area contributed by atoms with E-state index in [4.69, 9.17) is 22.7 Å². The number of hydrogen-bond acceptors (Lipinski definition) is 5. The first kappa shape index (κ1) is 15.1. The minimum atomic E-state index is 0.318. The van der Waals surface area contributed by atoms with Gasteiger partial charge in [0.05, 0.1) is 12.8 Å². The monoisotopic (exact) mass is 334 g/mol. The molecule has 1 heterocycles. The molecular formula is C15H18N4OS2. The number of aromatic nitrogens is 1. The fraction of sp³-hybridized carbons (Fsp3) is 0.333. The van der Waals surface area contributed by atoms with Crippen molar-refractivity contribution in [3.8, 4) is 5.75 Å². The second-order valence-electron chi connectivity index (χ2n) is 5.19. The highest BCUT2D eigenvalue weighted by Crippen LogP contribution is 2.28. The van der Waals surface area contributed by atoms with E-state index in [1.54, 1.807) is 18.4 Å². The highest BCUT2D eigenvalue weighted by Gasteiger charge is 2.22. The first-order valence-corrected chi connectivity index (χ1v) is 8.32. The van der Waals surface area contributed by atoms with Crippen molar-refractivity contribution in [1.82, 2.24) is 10.3 Å². The van der Waals surface area contributed by atoms with Gasteiger partial charge < -0.3 is 21.1 Å². The van der Waals surface area contributed by atoms with Crippen LogP contribution in [0, 0.1) is 0 Å². The van der Waals surface area contributed by atoms with Gasteiger partial charge in [0, 0.05) is 29.1 Å². The molecule has 0 saturated heterocycles. The number of nitrogen functional groups attached to an aromatic ring is 1. The SMILES string of the molecule is COc1cccc(NC(=S)N[C@H]2CCc3nc(N)sc3C2)c1. The predicted octanol–water partition coefficient (Wildman–Crippen LogP) is 2.58. The summed E-state index contributed by atoms with van der Waals surface area (Å²) < 4.78 is 5.21. The molecule has 0 aliphatic heterocycles. The molecule has 0 unspecified atom stereocenters. The molecule has 0 saturated carbocycles. The first-order valence-electron chi connectivity index (χ1n) is 7.09. The van der Waals surface area contributed by atoms with Crippen LogP contribution >= 0.6 is 23.6 Å². The van der Waals surface area contributed by atoms with Crippen molar-refractivity contribution in [2.24, 2.45) is 0 Å². The number of aryl methyl sites for hydroxylation is 1. The molecule has 0 fully saturated rings. The van der Waals surface area contributed by atoms with Crippen molar-refractivity contribution in [3.05, 3.63) is 34.8 Å². The average molecular weight is 334 g/mol. The van der Waals surface area contributed by atoms with Crippen LogP contribution in [-0.4, -0.2) is 23.2 Å². The van der Waals surface area contributed by atoms with Crippen molar-refractivity contribution in [2.45, 2.75) is 25.3 Å². The van der Waals surface area contributed by atoms with Crippen LogP contribution in [0.3, 0.4) is 0 Å². The zero-order valence-corrected chi connectivity index (χ0v) is 13.9. The molecule has 0 spiro atoms. The predicted molar refractivity (Wildman–Crippen MR) is 94.7 cm³/mol. The van der Waals surface area contributed by atoms with Crippen LogP contribution in [0.1, 0.15) is 17.0 Å². The van der Waals surface area contributed by atoms with Gasteiger partial charge in [0.15, 0.2) is 10.2 Å². The average Bonchev–Trinajstić information content (AvgIpc) is 2.86. The summed E-state index contributed by atoms with van der Waals surface area (Å²) in [5, 5.41) is 7.85. The third kappa shape index (κ3) is 3.48. The highest BCUT2D eigenvalue weighted by atomic mass is 32.1. The van der Waals surface area contributed by atoms with Crippen LogP contribution in [-0.2, 0) is 12.8 Å². The Kier molecular flexibility index (Phi) is 4.44. The zero-order valence-electron chi connectivity index (χ0n) is 12.3. The van der Waals surface area contributed by atoms with Gasteiger partial charge in [-0.1, -0.05) is 6.07 Å². The van der Waals surface area contributed by atoms with E-state index in [0.717, 1.165) is 36.4 Å². The number of ether oxygens (including phenoxy) is 1. The van der Waals surface area contributed by atoms with E-state index in [9.17, 15) is 0 Å². The lowest BCUT2D eigenvalue weighted by Gasteiger charge is -2.24. The van der Waals surface area contributed by atoms with Gasteiger partial charge in [-0.25, -0.2) is 4.98 Å². The molecule has 2 aromatic rings. The molecule has 4 N–H and O–H groups in total. The first-order chi connectivity index (χ1) is 10.6. The van der Waals surface area contributed by atoms with Crippen LogP contribution in [0.4, 0.5) is 10.8 Å². The van der Waals surface area contributed by atoms with Gasteiger partial charge in [0.1, 0.15) is 5.75 Å². The number of nitrogens with one attached hydrogen (secondary N) is 2. The molecule has 116 valence electrons. The molecule has 1 aromatic carbocycles. The number of thiazole rings is 1. The van der Waals surface area contributed by atoms with Crippen molar-refractivity contribution in [3.63, 3.8) is 0 Å². The van der Waals surface area contributed by atoms with Crippen LogP contribution in [0.15, 0.2) is 24.3 Å². The van der Waals surface area contributed by atoms with Gasteiger partial charge in [-0.2, -0.15) is 0 Å². The third-order valence-electron chi connectivity index (χ3n) is 3.62.